The highest BCUT2D eigenvalue weighted by molar-refractivity contribution is 5.29. The van der Waals surface area contributed by atoms with Crippen LogP contribution in [-0.4, -0.2) is 23.5 Å². The number of rotatable bonds is 1. The van der Waals surface area contributed by atoms with Gasteiger partial charge < -0.3 is 4.74 Å². The molecule has 1 spiro atoms. The topological polar surface area (TPSA) is 57.1 Å². The van der Waals surface area contributed by atoms with E-state index in [0.717, 1.165) is 31.3 Å². The van der Waals surface area contributed by atoms with Gasteiger partial charge in [0.25, 0.3) is 0 Å². The van der Waals surface area contributed by atoms with Crippen molar-refractivity contribution in [2.24, 2.45) is 5.18 Å². The third-order valence-corrected chi connectivity index (χ3v) is 4.03. The lowest BCUT2D eigenvalue weighted by atomic mass is 9.99. The molecule has 5 nitrogen and oxygen atoms in total. The maximum absolute atomic E-state index is 11.0. The minimum atomic E-state index is -0.684. The molecule has 0 bridgehead atoms. The third kappa shape index (κ3) is 1.57. The summed E-state index contributed by atoms with van der Waals surface area (Å²) in [6.45, 7) is 3.75. The molecule has 0 radical (unpaired) electrons. The summed E-state index contributed by atoms with van der Waals surface area (Å²) >= 11 is 0. The molecule has 1 heterocycles. The second-order valence-electron chi connectivity index (χ2n) is 5.45. The molecule has 2 aliphatic carbocycles. The minimum absolute atomic E-state index is 0.355. The first-order valence-corrected chi connectivity index (χ1v) is 6.15. The molecule has 1 saturated carbocycles. The Morgan fingerprint density at radius 3 is 2.71 bits per heavy atom. The molecule has 0 N–H and O–H groups in total. The minimum Gasteiger partial charge on any atom is -0.338 e. The van der Waals surface area contributed by atoms with Crippen LogP contribution >= 0.6 is 0 Å². The number of nitroso groups, excluding NO2 is 1. The predicted molar refractivity (Wildman–Crippen MR) is 60.0 cm³/mol. The van der Waals surface area contributed by atoms with Crippen molar-refractivity contribution in [1.29, 1.82) is 0 Å². The SMILES string of the molecule is CC1=C[C@]2(C)OOC3(CCCC3)O[C@@H]2[C@H]1N=O. The first-order valence-electron chi connectivity index (χ1n) is 6.15. The molecule has 94 valence electrons. The lowest BCUT2D eigenvalue weighted by Gasteiger charge is -2.44. The Hall–Kier alpha value is -0.780. The van der Waals surface area contributed by atoms with E-state index in [4.69, 9.17) is 14.5 Å². The van der Waals surface area contributed by atoms with Gasteiger partial charge in [-0.25, -0.2) is 9.78 Å². The average molecular weight is 239 g/mol. The van der Waals surface area contributed by atoms with Gasteiger partial charge in [-0.1, -0.05) is 5.18 Å². The van der Waals surface area contributed by atoms with E-state index in [1.54, 1.807) is 0 Å². The molecule has 3 atom stereocenters. The number of ether oxygens (including phenoxy) is 1. The van der Waals surface area contributed by atoms with Gasteiger partial charge in [-0.05, 0) is 38.3 Å². The molecule has 0 aromatic rings. The number of nitrogens with zero attached hydrogens (tertiary/aromatic N) is 1. The fraction of sp³-hybridized carbons (Fsp3) is 0.833. The highest BCUT2D eigenvalue weighted by Crippen LogP contribution is 2.47. The van der Waals surface area contributed by atoms with Gasteiger partial charge in [-0.2, -0.15) is 4.91 Å². The Morgan fingerprint density at radius 2 is 2.06 bits per heavy atom. The van der Waals surface area contributed by atoms with Crippen LogP contribution in [0.1, 0.15) is 39.5 Å². The van der Waals surface area contributed by atoms with E-state index in [0.29, 0.717) is 0 Å². The van der Waals surface area contributed by atoms with Crippen molar-refractivity contribution >= 4 is 0 Å². The summed E-state index contributed by atoms with van der Waals surface area (Å²) in [6, 6.07) is -0.457. The van der Waals surface area contributed by atoms with Gasteiger partial charge >= 0.3 is 0 Å². The molecular formula is C12H17NO4. The summed E-state index contributed by atoms with van der Waals surface area (Å²) < 4.78 is 6.04. The maximum Gasteiger partial charge on any atom is 0.202 e. The van der Waals surface area contributed by atoms with Crippen LogP contribution in [0.15, 0.2) is 16.8 Å². The first-order chi connectivity index (χ1) is 8.09. The Labute approximate surface area is 100 Å². The molecule has 3 aliphatic rings. The van der Waals surface area contributed by atoms with Gasteiger partial charge in [0.2, 0.25) is 5.79 Å². The zero-order chi connectivity index (χ0) is 12.1. The summed E-state index contributed by atoms with van der Waals surface area (Å²) in [5, 5.41) is 3.17. The average Bonchev–Trinajstić information content (AvgIpc) is 2.83. The van der Waals surface area contributed by atoms with Crippen molar-refractivity contribution in [2.75, 3.05) is 0 Å². The Bertz CT molecular complexity index is 375. The second-order valence-corrected chi connectivity index (χ2v) is 5.45. The van der Waals surface area contributed by atoms with Gasteiger partial charge in [0.1, 0.15) is 17.7 Å². The second kappa shape index (κ2) is 3.60. The zero-order valence-corrected chi connectivity index (χ0v) is 10.1. The van der Waals surface area contributed by atoms with E-state index < -0.39 is 17.4 Å². The molecule has 1 saturated heterocycles. The van der Waals surface area contributed by atoms with E-state index in [2.05, 4.69) is 5.18 Å². The molecule has 1 aliphatic heterocycles. The normalized spacial score (nSPS) is 43.5. The highest BCUT2D eigenvalue weighted by Gasteiger charge is 2.57. The molecule has 5 heteroatoms. The molecule has 0 aromatic heterocycles. The van der Waals surface area contributed by atoms with E-state index in [1.807, 2.05) is 19.9 Å². The maximum atomic E-state index is 11.0. The summed E-state index contributed by atoms with van der Waals surface area (Å²) in [6.07, 6.45) is 5.31. The van der Waals surface area contributed by atoms with Crippen LogP contribution < -0.4 is 0 Å². The predicted octanol–water partition coefficient (Wildman–Crippen LogP) is 2.46. The fourth-order valence-electron chi connectivity index (χ4n) is 3.09. The van der Waals surface area contributed by atoms with E-state index in [1.165, 1.54) is 0 Å². The summed E-state index contributed by atoms with van der Waals surface area (Å²) in [4.78, 5) is 22.0. The molecule has 0 aromatic carbocycles. The number of fused-ring (bicyclic) bond motifs is 1. The Balaban J connectivity index is 1.88. The Morgan fingerprint density at radius 1 is 1.35 bits per heavy atom. The lowest BCUT2D eigenvalue weighted by molar-refractivity contribution is -0.514. The van der Waals surface area contributed by atoms with Crippen molar-refractivity contribution in [3.8, 4) is 0 Å². The van der Waals surface area contributed by atoms with Crippen molar-refractivity contribution < 1.29 is 14.5 Å². The van der Waals surface area contributed by atoms with Crippen molar-refractivity contribution in [3.63, 3.8) is 0 Å². The van der Waals surface area contributed by atoms with Crippen LogP contribution in [-0.2, 0) is 14.5 Å². The van der Waals surface area contributed by atoms with Crippen molar-refractivity contribution in [2.45, 2.75) is 63.1 Å². The zero-order valence-electron chi connectivity index (χ0n) is 10.1. The molecular weight excluding hydrogens is 222 g/mol. The highest BCUT2D eigenvalue weighted by atomic mass is 17.2. The first kappa shape index (κ1) is 11.3. The standard InChI is InChI=1S/C12H17NO4/c1-8-7-11(2)10(9(8)13-14)15-12(17-16-11)5-3-4-6-12/h7,9-10H,3-6H2,1-2H3/t9-,10+,11-/m0/s1. The molecule has 3 rings (SSSR count). The van der Waals surface area contributed by atoms with Gasteiger partial charge in [0, 0.05) is 12.8 Å². The van der Waals surface area contributed by atoms with Crippen molar-refractivity contribution in [1.82, 2.24) is 0 Å². The number of hydrogen-bond donors (Lipinski definition) is 0. The number of hydrogen-bond acceptors (Lipinski definition) is 5. The van der Waals surface area contributed by atoms with Gasteiger partial charge in [-0.15, -0.1) is 0 Å². The fourth-order valence-corrected chi connectivity index (χ4v) is 3.09. The summed E-state index contributed by atoms with van der Waals surface area (Å²) in [5.74, 6) is -0.647. The van der Waals surface area contributed by atoms with Gasteiger partial charge in [0.15, 0.2) is 0 Å². The van der Waals surface area contributed by atoms with Gasteiger partial charge in [0.05, 0.1) is 0 Å². The van der Waals surface area contributed by atoms with Crippen LogP contribution in [0.2, 0.25) is 0 Å². The van der Waals surface area contributed by atoms with Crippen LogP contribution in [0.25, 0.3) is 0 Å². The lowest BCUT2D eigenvalue weighted by Crippen LogP contribution is -2.56. The van der Waals surface area contributed by atoms with E-state index >= 15 is 0 Å². The summed E-state index contributed by atoms with van der Waals surface area (Å²) in [7, 11) is 0. The largest absolute Gasteiger partial charge is 0.338 e. The van der Waals surface area contributed by atoms with E-state index in [9.17, 15) is 4.91 Å². The van der Waals surface area contributed by atoms with Crippen LogP contribution in [0.4, 0.5) is 0 Å². The molecule has 2 fully saturated rings. The quantitative estimate of drug-likeness (QED) is 0.400. The third-order valence-electron chi connectivity index (χ3n) is 4.03. The molecule has 0 amide bonds. The molecule has 0 unspecified atom stereocenters. The van der Waals surface area contributed by atoms with E-state index in [-0.39, 0.29) is 6.10 Å². The van der Waals surface area contributed by atoms with Crippen LogP contribution in [0.3, 0.4) is 0 Å². The summed E-state index contributed by atoms with van der Waals surface area (Å²) in [5.41, 5.74) is 0.211. The van der Waals surface area contributed by atoms with Crippen LogP contribution in [0.5, 0.6) is 0 Å². The van der Waals surface area contributed by atoms with Crippen LogP contribution in [0, 0.1) is 4.91 Å². The smallest absolute Gasteiger partial charge is 0.202 e. The van der Waals surface area contributed by atoms with Gasteiger partial charge in [-0.3, -0.25) is 0 Å². The monoisotopic (exact) mass is 239 g/mol. The van der Waals surface area contributed by atoms with Crippen molar-refractivity contribution in [3.05, 3.63) is 16.6 Å². The molecule has 17 heavy (non-hydrogen) atoms. The Kier molecular flexibility index (Phi) is 2.40.